The van der Waals surface area contributed by atoms with Gasteiger partial charge in [-0.3, -0.25) is 14.5 Å². The second-order valence-electron chi connectivity index (χ2n) is 6.04. The molecule has 2 heterocycles. The predicted molar refractivity (Wildman–Crippen MR) is 90.6 cm³/mol. The van der Waals surface area contributed by atoms with E-state index in [4.69, 9.17) is 0 Å². The number of amides is 1. The zero-order valence-electron chi connectivity index (χ0n) is 14.3. The quantitative estimate of drug-likeness (QED) is 0.769. The van der Waals surface area contributed by atoms with Gasteiger partial charge in [-0.25, -0.2) is 4.68 Å². The fourth-order valence-electron chi connectivity index (χ4n) is 2.83. The monoisotopic (exact) mass is 321 g/mol. The molecule has 1 atom stereocenters. The minimum absolute atomic E-state index is 0.0856. The molecule has 0 aromatic carbocycles. The lowest BCUT2D eigenvalue weighted by atomic mass is 10.1. The Hall–Kier alpha value is -1.89. The summed E-state index contributed by atoms with van der Waals surface area (Å²) < 4.78 is 1.32. The third kappa shape index (κ3) is 4.79. The highest BCUT2D eigenvalue weighted by atomic mass is 16.2. The molecule has 23 heavy (non-hydrogen) atoms. The van der Waals surface area contributed by atoms with Crippen molar-refractivity contribution in [3.63, 3.8) is 0 Å². The van der Waals surface area contributed by atoms with Crippen LogP contribution in [0.4, 0.5) is 5.69 Å². The normalized spacial score (nSPS) is 17.7. The van der Waals surface area contributed by atoms with E-state index in [1.54, 1.807) is 19.3 Å². The molecule has 1 amide bonds. The van der Waals surface area contributed by atoms with Crippen LogP contribution in [0.15, 0.2) is 17.1 Å². The van der Waals surface area contributed by atoms with Crippen LogP contribution in [0.1, 0.15) is 20.3 Å². The highest BCUT2D eigenvalue weighted by molar-refractivity contribution is 5.78. The number of nitrogens with zero attached hydrogens (tertiary/aromatic N) is 4. The van der Waals surface area contributed by atoms with Gasteiger partial charge in [-0.2, -0.15) is 5.10 Å². The third-order valence-electron chi connectivity index (χ3n) is 4.45. The van der Waals surface area contributed by atoms with Crippen molar-refractivity contribution >= 4 is 11.6 Å². The largest absolute Gasteiger partial charge is 0.370 e. The van der Waals surface area contributed by atoms with Crippen LogP contribution in [0, 0.1) is 5.92 Å². The van der Waals surface area contributed by atoms with Crippen molar-refractivity contribution in [1.82, 2.24) is 20.0 Å². The lowest BCUT2D eigenvalue weighted by molar-refractivity contribution is -0.122. The van der Waals surface area contributed by atoms with Gasteiger partial charge in [-0.05, 0) is 25.4 Å². The summed E-state index contributed by atoms with van der Waals surface area (Å²) in [6.07, 6.45) is 2.74. The summed E-state index contributed by atoms with van der Waals surface area (Å²) in [5.41, 5.74) is 0.767. The van der Waals surface area contributed by atoms with Crippen LogP contribution >= 0.6 is 0 Å². The summed E-state index contributed by atoms with van der Waals surface area (Å²) in [5.74, 6) is 0.502. The summed E-state index contributed by atoms with van der Waals surface area (Å²) in [6.45, 7) is 8.78. The molecule has 1 aromatic rings. The number of anilines is 1. The number of rotatable bonds is 7. The highest BCUT2D eigenvalue weighted by Crippen LogP contribution is 2.21. The van der Waals surface area contributed by atoms with Crippen molar-refractivity contribution in [2.24, 2.45) is 13.0 Å². The van der Waals surface area contributed by atoms with Crippen molar-refractivity contribution in [2.45, 2.75) is 20.3 Å². The number of carbonyl (C=O) groups excluding carboxylic acids is 1. The summed E-state index contributed by atoms with van der Waals surface area (Å²) in [4.78, 5) is 27.9. The number of nitrogens with one attached hydrogen (secondary N) is 1. The zero-order chi connectivity index (χ0) is 16.8. The van der Waals surface area contributed by atoms with Gasteiger partial charge < -0.3 is 10.2 Å². The number of likely N-dealkylation sites (N-methyl/N-ethyl adjacent to an activating group) is 1. The molecule has 1 unspecified atom stereocenters. The number of hydrogen-bond acceptors (Lipinski definition) is 5. The van der Waals surface area contributed by atoms with Gasteiger partial charge in [0.15, 0.2) is 0 Å². The van der Waals surface area contributed by atoms with Crippen molar-refractivity contribution in [1.29, 1.82) is 0 Å². The van der Waals surface area contributed by atoms with Gasteiger partial charge in [0.25, 0.3) is 5.56 Å². The van der Waals surface area contributed by atoms with E-state index in [2.05, 4.69) is 34.1 Å². The molecule has 7 heteroatoms. The topological polar surface area (TPSA) is 70.5 Å². The first-order chi connectivity index (χ1) is 11.0. The van der Waals surface area contributed by atoms with Gasteiger partial charge in [0.1, 0.15) is 0 Å². The fourth-order valence-corrected chi connectivity index (χ4v) is 2.83. The molecular weight excluding hydrogens is 294 g/mol. The first-order valence-corrected chi connectivity index (χ1v) is 8.30. The van der Waals surface area contributed by atoms with Crippen LogP contribution in [0.2, 0.25) is 0 Å². The van der Waals surface area contributed by atoms with Crippen molar-refractivity contribution < 1.29 is 4.79 Å². The Morgan fingerprint density at radius 3 is 2.83 bits per heavy atom. The molecule has 1 aliphatic rings. The molecule has 1 aromatic heterocycles. The van der Waals surface area contributed by atoms with Crippen molar-refractivity contribution in [2.75, 3.05) is 44.2 Å². The lowest BCUT2D eigenvalue weighted by Crippen LogP contribution is -2.39. The molecule has 1 N–H and O–H groups in total. The molecule has 1 aliphatic heterocycles. The molecule has 1 fully saturated rings. The molecular formula is C16H27N5O2. The molecule has 2 rings (SSSR count). The Balaban J connectivity index is 1.80. The standard InChI is InChI=1S/C16H27N5O2/c1-4-20(5-2)12-15(22)17-9-13-6-7-21(11-13)14-8-16(23)19(3)18-10-14/h8,10,13H,4-7,9,11-12H2,1-3H3,(H,17,22). The molecule has 0 radical (unpaired) electrons. The Kier molecular flexibility index (Phi) is 6.15. The van der Waals surface area contributed by atoms with Crippen LogP contribution in [0.3, 0.4) is 0 Å². The summed E-state index contributed by atoms with van der Waals surface area (Å²) in [5, 5.41) is 7.09. The first kappa shape index (κ1) is 17.5. The van der Waals surface area contributed by atoms with Gasteiger partial charge in [0.05, 0.1) is 18.4 Å². The summed E-state index contributed by atoms with van der Waals surface area (Å²) >= 11 is 0. The lowest BCUT2D eigenvalue weighted by Gasteiger charge is -2.19. The Labute approximate surface area is 137 Å². The smallest absolute Gasteiger partial charge is 0.268 e. The highest BCUT2D eigenvalue weighted by Gasteiger charge is 2.23. The Morgan fingerprint density at radius 2 is 2.17 bits per heavy atom. The van der Waals surface area contributed by atoms with Crippen LogP contribution in [-0.2, 0) is 11.8 Å². The van der Waals surface area contributed by atoms with Crippen LogP contribution in [0.5, 0.6) is 0 Å². The molecule has 7 nitrogen and oxygen atoms in total. The summed E-state index contributed by atoms with van der Waals surface area (Å²) in [7, 11) is 1.64. The maximum Gasteiger partial charge on any atom is 0.268 e. The maximum absolute atomic E-state index is 11.9. The predicted octanol–water partition coefficient (Wildman–Crippen LogP) is 0.0646. The van der Waals surface area contributed by atoms with Gasteiger partial charge in [0.2, 0.25) is 5.91 Å². The maximum atomic E-state index is 11.9. The van der Waals surface area contributed by atoms with Gasteiger partial charge >= 0.3 is 0 Å². The van der Waals surface area contributed by atoms with E-state index >= 15 is 0 Å². The number of aryl methyl sites for hydroxylation is 1. The van der Waals surface area contributed by atoms with E-state index in [1.165, 1.54) is 4.68 Å². The van der Waals surface area contributed by atoms with Gasteiger partial charge in [-0.1, -0.05) is 13.8 Å². The fraction of sp³-hybridized carbons (Fsp3) is 0.688. The van der Waals surface area contributed by atoms with Gasteiger partial charge in [-0.15, -0.1) is 0 Å². The van der Waals surface area contributed by atoms with Crippen molar-refractivity contribution in [3.8, 4) is 0 Å². The number of carbonyl (C=O) groups is 1. The Morgan fingerprint density at radius 1 is 1.43 bits per heavy atom. The minimum atomic E-state index is -0.0986. The van der Waals surface area contributed by atoms with Crippen LogP contribution < -0.4 is 15.8 Å². The van der Waals surface area contributed by atoms with Gasteiger partial charge in [0, 0.05) is 32.7 Å². The van der Waals surface area contributed by atoms with Crippen LogP contribution in [-0.4, -0.2) is 59.9 Å². The molecule has 1 saturated heterocycles. The number of aromatic nitrogens is 2. The molecule has 0 spiro atoms. The SMILES string of the molecule is CCN(CC)CC(=O)NCC1CCN(c2cnn(C)c(=O)c2)C1. The molecule has 128 valence electrons. The molecule has 0 bridgehead atoms. The first-order valence-electron chi connectivity index (χ1n) is 8.30. The van der Waals surface area contributed by atoms with Crippen molar-refractivity contribution in [3.05, 3.63) is 22.6 Å². The number of hydrogen-bond donors (Lipinski definition) is 1. The van der Waals surface area contributed by atoms with E-state index in [-0.39, 0.29) is 11.5 Å². The van der Waals surface area contributed by atoms with E-state index in [9.17, 15) is 9.59 Å². The second kappa shape index (κ2) is 8.10. The average molecular weight is 321 g/mol. The molecule has 0 saturated carbocycles. The van der Waals surface area contributed by atoms with Crippen LogP contribution in [0.25, 0.3) is 0 Å². The van der Waals surface area contributed by atoms with E-state index < -0.39 is 0 Å². The minimum Gasteiger partial charge on any atom is -0.370 e. The van der Waals surface area contributed by atoms with E-state index in [1.807, 2.05) is 0 Å². The summed E-state index contributed by atoms with van der Waals surface area (Å²) in [6, 6.07) is 1.62. The third-order valence-corrected chi connectivity index (χ3v) is 4.45. The average Bonchev–Trinajstić information content (AvgIpc) is 3.02. The molecule has 0 aliphatic carbocycles. The van der Waals surface area contributed by atoms with E-state index in [0.717, 1.165) is 38.3 Å². The Bertz CT molecular complexity index is 582. The second-order valence-corrected chi connectivity index (χ2v) is 6.04. The zero-order valence-corrected chi connectivity index (χ0v) is 14.3. The van der Waals surface area contributed by atoms with E-state index in [0.29, 0.717) is 19.0 Å².